The van der Waals surface area contributed by atoms with Crippen LogP contribution in [0.5, 0.6) is 5.75 Å². The monoisotopic (exact) mass is 382 g/mol. The molecule has 3 aromatic rings. The van der Waals surface area contributed by atoms with Gasteiger partial charge in [0.15, 0.2) is 11.0 Å². The van der Waals surface area contributed by atoms with Crippen molar-refractivity contribution in [2.24, 2.45) is 5.41 Å². The molecule has 0 spiro atoms. The molecule has 0 amide bonds. The molecular formula is C20H22N4O2S. The molecule has 0 N–H and O–H groups in total. The normalized spacial score (nSPS) is 11.4. The van der Waals surface area contributed by atoms with Gasteiger partial charge in [-0.15, -0.1) is 10.2 Å². The Labute approximate surface area is 163 Å². The number of rotatable bonds is 6. The van der Waals surface area contributed by atoms with Crippen LogP contribution in [0.25, 0.3) is 17.1 Å². The highest BCUT2D eigenvalue weighted by Crippen LogP contribution is 2.29. The Kier molecular flexibility index (Phi) is 5.60. The zero-order chi connectivity index (χ0) is 19.4. The highest BCUT2D eigenvalue weighted by molar-refractivity contribution is 7.99. The first kappa shape index (κ1) is 19.1. The number of benzene rings is 1. The van der Waals surface area contributed by atoms with Gasteiger partial charge in [0.1, 0.15) is 11.5 Å². The molecule has 0 saturated heterocycles. The van der Waals surface area contributed by atoms with Crippen LogP contribution in [0, 0.1) is 5.41 Å². The van der Waals surface area contributed by atoms with Crippen molar-refractivity contribution in [1.82, 2.24) is 19.7 Å². The molecule has 0 unspecified atom stereocenters. The smallest absolute Gasteiger partial charge is 0.196 e. The number of methoxy groups -OCH3 is 1. The van der Waals surface area contributed by atoms with E-state index in [4.69, 9.17) is 4.74 Å². The van der Waals surface area contributed by atoms with E-state index in [9.17, 15) is 4.79 Å². The van der Waals surface area contributed by atoms with E-state index in [1.54, 1.807) is 19.5 Å². The van der Waals surface area contributed by atoms with Gasteiger partial charge in [0, 0.05) is 29.1 Å². The van der Waals surface area contributed by atoms with E-state index in [0.717, 1.165) is 17.0 Å². The Bertz CT molecular complexity index is 915. The fraction of sp³-hybridized carbons (Fsp3) is 0.300. The molecule has 0 aliphatic heterocycles. The summed E-state index contributed by atoms with van der Waals surface area (Å²) in [4.78, 5) is 16.5. The fourth-order valence-corrected chi connectivity index (χ4v) is 3.47. The molecule has 0 aliphatic carbocycles. The number of pyridine rings is 1. The van der Waals surface area contributed by atoms with E-state index < -0.39 is 0 Å². The third-order valence-electron chi connectivity index (χ3n) is 4.05. The number of ketones is 1. The van der Waals surface area contributed by atoms with Crippen LogP contribution in [0.4, 0.5) is 0 Å². The minimum absolute atomic E-state index is 0.166. The highest BCUT2D eigenvalue weighted by atomic mass is 32.2. The minimum Gasteiger partial charge on any atom is -0.497 e. The number of aromatic nitrogens is 4. The van der Waals surface area contributed by atoms with Gasteiger partial charge in [-0.1, -0.05) is 32.5 Å². The van der Waals surface area contributed by atoms with Crippen LogP contribution in [-0.4, -0.2) is 38.4 Å². The first-order chi connectivity index (χ1) is 12.9. The second-order valence-electron chi connectivity index (χ2n) is 7.04. The van der Waals surface area contributed by atoms with E-state index in [1.165, 1.54) is 11.8 Å². The minimum atomic E-state index is -0.385. The van der Waals surface area contributed by atoms with E-state index in [0.29, 0.717) is 16.7 Å². The fourth-order valence-electron chi connectivity index (χ4n) is 2.36. The lowest BCUT2D eigenvalue weighted by Crippen LogP contribution is -2.22. The maximum absolute atomic E-state index is 12.3. The molecule has 2 heterocycles. The van der Waals surface area contributed by atoms with E-state index >= 15 is 0 Å². The molecule has 0 atom stereocenters. The molecule has 1 aromatic carbocycles. The molecule has 7 heteroatoms. The number of hydrogen-bond donors (Lipinski definition) is 0. The summed E-state index contributed by atoms with van der Waals surface area (Å²) in [6.45, 7) is 5.77. The van der Waals surface area contributed by atoms with Crippen LogP contribution in [0.2, 0.25) is 0 Å². The molecule has 27 heavy (non-hydrogen) atoms. The van der Waals surface area contributed by atoms with Crippen molar-refractivity contribution in [2.75, 3.05) is 12.9 Å². The largest absolute Gasteiger partial charge is 0.497 e. The van der Waals surface area contributed by atoms with Gasteiger partial charge in [0.05, 0.1) is 12.9 Å². The van der Waals surface area contributed by atoms with Gasteiger partial charge in [-0.2, -0.15) is 0 Å². The van der Waals surface area contributed by atoms with Crippen molar-refractivity contribution in [1.29, 1.82) is 0 Å². The van der Waals surface area contributed by atoms with Crippen molar-refractivity contribution in [3.63, 3.8) is 0 Å². The van der Waals surface area contributed by atoms with Crippen molar-refractivity contribution >= 4 is 17.5 Å². The number of hydrogen-bond acceptors (Lipinski definition) is 6. The average Bonchev–Trinajstić information content (AvgIpc) is 3.10. The van der Waals surface area contributed by atoms with Crippen LogP contribution in [0.3, 0.4) is 0 Å². The standard InChI is InChI=1S/C20H22N4O2S/c1-20(2,3)17(25)13-27-19-23-22-18(14-6-5-11-21-12-14)24(19)15-7-9-16(26-4)10-8-15/h5-12H,13H2,1-4H3. The first-order valence-corrected chi connectivity index (χ1v) is 9.55. The number of Topliss-reactive ketones (excluding diaryl/α,β-unsaturated/α-hetero) is 1. The third kappa shape index (κ3) is 4.36. The van der Waals surface area contributed by atoms with Crippen LogP contribution in [0.15, 0.2) is 53.9 Å². The van der Waals surface area contributed by atoms with Gasteiger partial charge < -0.3 is 4.74 Å². The predicted octanol–water partition coefficient (Wildman–Crippen LogP) is 4.05. The third-order valence-corrected chi connectivity index (χ3v) is 4.98. The van der Waals surface area contributed by atoms with Crippen molar-refractivity contribution < 1.29 is 9.53 Å². The molecule has 140 valence electrons. The molecular weight excluding hydrogens is 360 g/mol. The Morgan fingerprint density at radius 2 is 1.89 bits per heavy atom. The summed E-state index contributed by atoms with van der Waals surface area (Å²) < 4.78 is 7.19. The van der Waals surface area contributed by atoms with E-state index in [1.807, 2.05) is 61.7 Å². The SMILES string of the molecule is COc1ccc(-n2c(SCC(=O)C(C)(C)C)nnc2-c2cccnc2)cc1. The van der Waals surface area contributed by atoms with Gasteiger partial charge in [-0.3, -0.25) is 14.3 Å². The van der Waals surface area contributed by atoms with Crippen LogP contribution in [-0.2, 0) is 4.79 Å². The van der Waals surface area contributed by atoms with Crippen molar-refractivity contribution in [3.8, 4) is 22.8 Å². The Hall–Kier alpha value is -2.67. The molecule has 0 aliphatic rings. The molecule has 3 rings (SSSR count). The highest BCUT2D eigenvalue weighted by Gasteiger charge is 2.23. The zero-order valence-electron chi connectivity index (χ0n) is 15.8. The van der Waals surface area contributed by atoms with Gasteiger partial charge in [0.2, 0.25) is 0 Å². The Balaban J connectivity index is 2.00. The summed E-state index contributed by atoms with van der Waals surface area (Å²) in [6, 6.07) is 11.5. The van der Waals surface area contributed by atoms with Crippen molar-refractivity contribution in [3.05, 3.63) is 48.8 Å². The summed E-state index contributed by atoms with van der Waals surface area (Å²) in [5.74, 6) is 1.95. The van der Waals surface area contributed by atoms with Crippen LogP contribution >= 0.6 is 11.8 Å². The lowest BCUT2D eigenvalue weighted by Gasteiger charge is -2.16. The summed E-state index contributed by atoms with van der Waals surface area (Å²) >= 11 is 1.39. The lowest BCUT2D eigenvalue weighted by atomic mass is 9.92. The van der Waals surface area contributed by atoms with Crippen LogP contribution in [0.1, 0.15) is 20.8 Å². The number of nitrogens with zero attached hydrogens (tertiary/aromatic N) is 4. The van der Waals surface area contributed by atoms with Gasteiger partial charge in [-0.25, -0.2) is 0 Å². The quantitative estimate of drug-likeness (QED) is 0.599. The molecule has 0 radical (unpaired) electrons. The van der Waals surface area contributed by atoms with Gasteiger partial charge in [-0.05, 0) is 36.4 Å². The maximum atomic E-state index is 12.3. The zero-order valence-corrected chi connectivity index (χ0v) is 16.7. The Morgan fingerprint density at radius 3 is 2.48 bits per heavy atom. The number of thioether (sulfide) groups is 1. The van der Waals surface area contributed by atoms with Gasteiger partial charge >= 0.3 is 0 Å². The first-order valence-electron chi connectivity index (χ1n) is 8.56. The topological polar surface area (TPSA) is 69.9 Å². The predicted molar refractivity (Wildman–Crippen MR) is 106 cm³/mol. The lowest BCUT2D eigenvalue weighted by molar-refractivity contribution is -0.123. The van der Waals surface area contributed by atoms with E-state index in [2.05, 4.69) is 15.2 Å². The van der Waals surface area contributed by atoms with Gasteiger partial charge in [0.25, 0.3) is 0 Å². The maximum Gasteiger partial charge on any atom is 0.196 e. The second kappa shape index (κ2) is 7.92. The summed E-state index contributed by atoms with van der Waals surface area (Å²) in [5.41, 5.74) is 1.37. The average molecular weight is 382 g/mol. The van der Waals surface area contributed by atoms with Crippen molar-refractivity contribution in [2.45, 2.75) is 25.9 Å². The summed E-state index contributed by atoms with van der Waals surface area (Å²) in [7, 11) is 1.63. The number of carbonyl (C=O) groups excluding carboxylic acids is 1. The Morgan fingerprint density at radius 1 is 1.15 bits per heavy atom. The summed E-state index contributed by atoms with van der Waals surface area (Å²) in [6.07, 6.45) is 3.47. The van der Waals surface area contributed by atoms with Crippen LogP contribution < -0.4 is 4.74 Å². The van der Waals surface area contributed by atoms with E-state index in [-0.39, 0.29) is 11.2 Å². The molecule has 0 fully saturated rings. The molecule has 2 aromatic heterocycles. The number of carbonyl (C=O) groups is 1. The molecule has 6 nitrogen and oxygen atoms in total. The number of ether oxygens (including phenoxy) is 1. The summed E-state index contributed by atoms with van der Waals surface area (Å²) in [5, 5.41) is 9.35. The molecule has 0 bridgehead atoms. The molecule has 0 saturated carbocycles. The second-order valence-corrected chi connectivity index (χ2v) is 7.99.